The maximum Gasteiger partial charge on any atom is 0.257 e. The molecule has 8 heteroatoms. The van der Waals surface area contributed by atoms with E-state index in [0.717, 1.165) is 0 Å². The van der Waals surface area contributed by atoms with Crippen molar-refractivity contribution in [3.8, 4) is 0 Å². The van der Waals surface area contributed by atoms with Crippen molar-refractivity contribution in [3.63, 3.8) is 0 Å². The van der Waals surface area contributed by atoms with E-state index in [1.54, 1.807) is 0 Å². The first-order valence-electron chi connectivity index (χ1n) is 3.78. The van der Waals surface area contributed by atoms with Crippen LogP contribution in [0.25, 0.3) is 0 Å². The maximum absolute atomic E-state index is 10.9. The number of carbonyl (C=O) groups is 3. The third-order valence-corrected chi connectivity index (χ3v) is 1.48. The number of hydrogen-bond donors (Lipinski definition) is 4. The van der Waals surface area contributed by atoms with E-state index in [4.69, 9.17) is 0 Å². The van der Waals surface area contributed by atoms with E-state index < -0.39 is 11.6 Å². The van der Waals surface area contributed by atoms with Crippen molar-refractivity contribution in [2.24, 2.45) is 0 Å². The minimum Gasteiger partial charge on any atom is -0.347 e. The van der Waals surface area contributed by atoms with Crippen LogP contribution in [0.3, 0.4) is 0 Å². The molecule has 0 aromatic rings. The lowest BCUT2D eigenvalue weighted by Gasteiger charge is -2.05. The number of nitrogens with one attached hydrogen (secondary N) is 3. The fraction of sp³-hybridized carbons (Fsp3) is 0.500. The second-order valence-corrected chi connectivity index (χ2v) is 3.26. The Balaban J connectivity index is 3.53. The Labute approximate surface area is 89.2 Å². The highest BCUT2D eigenvalue weighted by molar-refractivity contribution is 7.80. The van der Waals surface area contributed by atoms with Crippen molar-refractivity contribution in [1.82, 2.24) is 16.2 Å². The van der Waals surface area contributed by atoms with Crippen LogP contribution in [0.1, 0.15) is 6.42 Å². The van der Waals surface area contributed by atoms with Gasteiger partial charge in [-0.3, -0.25) is 25.2 Å². The zero-order chi connectivity index (χ0) is 11.0. The molecule has 3 amide bonds. The summed E-state index contributed by atoms with van der Waals surface area (Å²) in [6.45, 7) is -0.169. The Kier molecular flexibility index (Phi) is 7.14. The summed E-state index contributed by atoms with van der Waals surface area (Å²) >= 11 is 3.85. The summed E-state index contributed by atoms with van der Waals surface area (Å²) in [6, 6.07) is 0. The Hall–Kier alpha value is -0.810. The summed E-state index contributed by atoms with van der Waals surface area (Å²) in [5.74, 6) is -0.323. The summed E-state index contributed by atoms with van der Waals surface area (Å²) < 4.78 is 0. The molecule has 0 bridgehead atoms. The Morgan fingerprint density at radius 1 is 1.14 bits per heavy atom. The van der Waals surface area contributed by atoms with E-state index in [9.17, 15) is 14.4 Å². The number of carbonyl (C=O) groups excluding carboxylic acids is 3. The Morgan fingerprint density at radius 3 is 2.29 bits per heavy atom. The normalized spacial score (nSPS) is 9.00. The van der Waals surface area contributed by atoms with Gasteiger partial charge in [0.25, 0.3) is 11.6 Å². The first-order chi connectivity index (χ1) is 6.56. The lowest BCUT2D eigenvalue weighted by molar-refractivity contribution is -0.126. The van der Waals surface area contributed by atoms with Crippen molar-refractivity contribution >= 4 is 39.3 Å². The third-order valence-electron chi connectivity index (χ3n) is 1.11. The summed E-state index contributed by atoms with van der Waals surface area (Å²) in [4.78, 5) is 32.1. The quantitative estimate of drug-likeness (QED) is 0.288. The summed E-state index contributed by atoms with van der Waals surface area (Å²) in [5, 5.41) is 2.35. The van der Waals surface area contributed by atoms with E-state index in [-0.39, 0.29) is 18.9 Å². The van der Waals surface area contributed by atoms with Gasteiger partial charge in [0.15, 0.2) is 0 Å². The van der Waals surface area contributed by atoms with E-state index in [0.29, 0.717) is 5.75 Å². The van der Waals surface area contributed by atoms with Gasteiger partial charge in [-0.25, -0.2) is 0 Å². The van der Waals surface area contributed by atoms with E-state index in [2.05, 4.69) is 28.8 Å². The van der Waals surface area contributed by atoms with Gasteiger partial charge in [-0.2, -0.15) is 12.6 Å². The van der Waals surface area contributed by atoms with E-state index in [1.165, 1.54) is 0 Å². The third kappa shape index (κ3) is 7.82. The van der Waals surface area contributed by atoms with Gasteiger partial charge in [-0.05, 0) is 15.0 Å². The minimum atomic E-state index is -0.492. The minimum absolute atomic E-state index is 0.169. The molecule has 0 aliphatic carbocycles. The van der Waals surface area contributed by atoms with Crippen molar-refractivity contribution in [3.05, 3.63) is 0 Å². The van der Waals surface area contributed by atoms with Crippen LogP contribution in [0.5, 0.6) is 0 Å². The average Bonchev–Trinajstić information content (AvgIpc) is 2.12. The van der Waals surface area contributed by atoms with Crippen molar-refractivity contribution in [2.45, 2.75) is 6.42 Å². The predicted molar refractivity (Wildman–Crippen MR) is 57.9 cm³/mol. The lowest BCUT2D eigenvalue weighted by atomic mass is 10.4. The summed E-state index contributed by atoms with van der Waals surface area (Å²) in [7, 11) is 1.83. The van der Waals surface area contributed by atoms with Crippen LogP contribution in [0.2, 0.25) is 0 Å². The maximum atomic E-state index is 10.9. The van der Waals surface area contributed by atoms with Crippen LogP contribution in [-0.2, 0) is 9.59 Å². The molecular formula is C6H12N3O3PS. The van der Waals surface area contributed by atoms with Gasteiger partial charge in [0.1, 0.15) is 0 Å². The fourth-order valence-corrected chi connectivity index (χ4v) is 0.820. The highest BCUT2D eigenvalue weighted by atomic mass is 32.1. The molecule has 80 valence electrons. The van der Waals surface area contributed by atoms with Gasteiger partial charge in [-0.15, -0.1) is 0 Å². The Morgan fingerprint density at radius 2 is 1.79 bits per heavy atom. The highest BCUT2D eigenvalue weighted by Gasteiger charge is 2.04. The van der Waals surface area contributed by atoms with Gasteiger partial charge < -0.3 is 5.32 Å². The van der Waals surface area contributed by atoms with Crippen molar-refractivity contribution < 1.29 is 14.4 Å². The molecule has 3 N–H and O–H groups in total. The van der Waals surface area contributed by atoms with Crippen LogP contribution in [0.4, 0.5) is 4.79 Å². The molecule has 0 aromatic carbocycles. The summed E-state index contributed by atoms with van der Waals surface area (Å²) in [6.07, 6.45) is 0.256. The molecule has 0 saturated heterocycles. The molecule has 14 heavy (non-hydrogen) atoms. The monoisotopic (exact) mass is 237 g/mol. The molecule has 0 heterocycles. The molecule has 1 atom stereocenters. The van der Waals surface area contributed by atoms with E-state index >= 15 is 0 Å². The first kappa shape index (κ1) is 13.2. The second kappa shape index (κ2) is 7.58. The number of rotatable bonds is 4. The molecule has 1 unspecified atom stereocenters. The molecule has 6 nitrogen and oxygen atoms in total. The molecule has 0 spiro atoms. The second-order valence-electron chi connectivity index (χ2n) is 2.29. The van der Waals surface area contributed by atoms with Gasteiger partial charge >= 0.3 is 0 Å². The standard InChI is InChI=1S/C6H12N3O3PS/c10-4(1-2-14)7-3-5(11)8-9-6(12)13/h14H,1-3,13H2,(H,7,10)(H,8,11)(H,9,12). The van der Waals surface area contributed by atoms with Gasteiger partial charge in [-0.1, -0.05) is 0 Å². The van der Waals surface area contributed by atoms with Gasteiger partial charge in [0.2, 0.25) is 5.91 Å². The molecule has 0 radical (unpaired) electrons. The zero-order valence-electron chi connectivity index (χ0n) is 7.37. The van der Waals surface area contributed by atoms with Crippen LogP contribution in [0, 0.1) is 0 Å². The number of thiol groups is 1. The molecule has 0 aliphatic heterocycles. The Bertz CT molecular complexity index is 236. The summed E-state index contributed by atoms with van der Waals surface area (Å²) in [5.41, 5.74) is 3.69. The molecule has 0 rings (SSSR count). The number of hydrogen-bond acceptors (Lipinski definition) is 4. The highest BCUT2D eigenvalue weighted by Crippen LogP contribution is 1.82. The average molecular weight is 237 g/mol. The number of amides is 3. The van der Waals surface area contributed by atoms with Crippen molar-refractivity contribution in [1.29, 1.82) is 0 Å². The van der Waals surface area contributed by atoms with Gasteiger partial charge in [0, 0.05) is 6.42 Å². The van der Waals surface area contributed by atoms with Crippen LogP contribution < -0.4 is 16.2 Å². The molecule has 0 fully saturated rings. The predicted octanol–water partition coefficient (Wildman–Crippen LogP) is -0.962. The fourth-order valence-electron chi connectivity index (χ4n) is 0.544. The zero-order valence-corrected chi connectivity index (χ0v) is 9.42. The molecular weight excluding hydrogens is 225 g/mol. The van der Waals surface area contributed by atoms with Crippen LogP contribution in [0.15, 0.2) is 0 Å². The molecule has 0 aromatic heterocycles. The molecule has 0 saturated carbocycles. The topological polar surface area (TPSA) is 87.3 Å². The van der Waals surface area contributed by atoms with Crippen LogP contribution >= 0.6 is 21.9 Å². The first-order valence-corrected chi connectivity index (χ1v) is 4.99. The number of hydrazine groups is 1. The van der Waals surface area contributed by atoms with Gasteiger partial charge in [0.05, 0.1) is 6.54 Å². The van der Waals surface area contributed by atoms with Crippen molar-refractivity contribution in [2.75, 3.05) is 12.3 Å². The lowest BCUT2D eigenvalue weighted by Crippen LogP contribution is -2.44. The smallest absolute Gasteiger partial charge is 0.257 e. The molecule has 0 aliphatic rings. The SMILES string of the molecule is O=C(P)NNC(=O)CNC(=O)CCS. The largest absolute Gasteiger partial charge is 0.347 e. The van der Waals surface area contributed by atoms with Crippen LogP contribution in [-0.4, -0.2) is 29.8 Å². The van der Waals surface area contributed by atoms with E-state index in [1.807, 2.05) is 9.24 Å².